The summed E-state index contributed by atoms with van der Waals surface area (Å²) < 4.78 is 5.78. The molecule has 2 saturated carbocycles. The number of ether oxygens (including phenoxy) is 1. The van der Waals surface area contributed by atoms with Crippen molar-refractivity contribution in [2.45, 2.75) is 59.5 Å². The highest BCUT2D eigenvalue weighted by atomic mass is 16.6. The van der Waals surface area contributed by atoms with Gasteiger partial charge in [-0.05, 0) is 38.0 Å². The van der Waals surface area contributed by atoms with Crippen LogP contribution >= 0.6 is 0 Å². The third kappa shape index (κ3) is 1.42. The molecule has 0 radical (unpaired) electrons. The van der Waals surface area contributed by atoms with Gasteiger partial charge in [-0.3, -0.25) is 0 Å². The minimum Gasteiger partial charge on any atom is -0.455 e. The van der Waals surface area contributed by atoms with Crippen molar-refractivity contribution in [2.24, 2.45) is 16.7 Å². The van der Waals surface area contributed by atoms with Gasteiger partial charge in [0, 0.05) is 11.0 Å². The molecule has 0 saturated heterocycles. The Hall–Kier alpha value is -0.790. The molecule has 0 aromatic heterocycles. The zero-order chi connectivity index (χ0) is 13.1. The fourth-order valence-corrected chi connectivity index (χ4v) is 4.04. The Morgan fingerprint density at radius 3 is 2.41 bits per heavy atom. The standard InChI is InChI=1S/C15H24O2/c1-7-11-8-15(6,17-12(16)10(2)3)14(5)9-13(11,14)4/h11H,2,7-9H2,1,3-6H3. The van der Waals surface area contributed by atoms with Crippen molar-refractivity contribution in [2.75, 3.05) is 0 Å². The molecule has 96 valence electrons. The number of hydrogen-bond donors (Lipinski definition) is 0. The average Bonchev–Trinajstić information content (AvgIpc) is 2.76. The Morgan fingerprint density at radius 1 is 1.41 bits per heavy atom. The fourth-order valence-electron chi connectivity index (χ4n) is 4.04. The summed E-state index contributed by atoms with van der Waals surface area (Å²) >= 11 is 0. The summed E-state index contributed by atoms with van der Waals surface area (Å²) in [5.41, 5.74) is 0.716. The number of carbonyl (C=O) groups is 1. The summed E-state index contributed by atoms with van der Waals surface area (Å²) in [4.78, 5) is 11.8. The summed E-state index contributed by atoms with van der Waals surface area (Å²) in [6.45, 7) is 14.3. The molecule has 2 heteroatoms. The van der Waals surface area contributed by atoms with Crippen LogP contribution in [-0.2, 0) is 9.53 Å². The minimum atomic E-state index is -0.307. The van der Waals surface area contributed by atoms with Crippen molar-refractivity contribution in [3.63, 3.8) is 0 Å². The number of rotatable bonds is 3. The van der Waals surface area contributed by atoms with Crippen LogP contribution in [0.2, 0.25) is 0 Å². The topological polar surface area (TPSA) is 26.3 Å². The van der Waals surface area contributed by atoms with Gasteiger partial charge in [-0.2, -0.15) is 0 Å². The van der Waals surface area contributed by atoms with Crippen LogP contribution in [0, 0.1) is 16.7 Å². The highest BCUT2D eigenvalue weighted by molar-refractivity contribution is 5.87. The minimum absolute atomic E-state index is 0.159. The molecule has 4 atom stereocenters. The lowest BCUT2D eigenvalue weighted by molar-refractivity contribution is -0.159. The van der Waals surface area contributed by atoms with Crippen LogP contribution in [0.15, 0.2) is 12.2 Å². The number of hydrogen-bond acceptors (Lipinski definition) is 2. The lowest BCUT2D eigenvalue weighted by atomic mass is 9.87. The number of fused-ring (bicyclic) bond motifs is 1. The average molecular weight is 236 g/mol. The monoisotopic (exact) mass is 236 g/mol. The first kappa shape index (κ1) is 12.7. The van der Waals surface area contributed by atoms with Crippen molar-refractivity contribution in [3.05, 3.63) is 12.2 Å². The first-order valence-electron chi connectivity index (χ1n) is 6.59. The Morgan fingerprint density at radius 2 is 2.00 bits per heavy atom. The van der Waals surface area contributed by atoms with Gasteiger partial charge in [0.2, 0.25) is 0 Å². The molecular weight excluding hydrogens is 212 g/mol. The molecule has 2 aliphatic rings. The van der Waals surface area contributed by atoms with Crippen molar-refractivity contribution in [1.82, 2.24) is 0 Å². The Kier molecular flexibility index (Phi) is 2.51. The van der Waals surface area contributed by atoms with Gasteiger partial charge in [-0.25, -0.2) is 4.79 Å². The molecule has 0 aromatic rings. The molecule has 0 aromatic carbocycles. The summed E-state index contributed by atoms with van der Waals surface area (Å²) in [5, 5.41) is 0. The maximum Gasteiger partial charge on any atom is 0.333 e. The van der Waals surface area contributed by atoms with E-state index in [1.807, 2.05) is 0 Å². The highest BCUT2D eigenvalue weighted by Gasteiger charge is 2.78. The maximum absolute atomic E-state index is 11.8. The molecule has 0 spiro atoms. The molecule has 0 bridgehead atoms. The van der Waals surface area contributed by atoms with Gasteiger partial charge in [-0.15, -0.1) is 0 Å². The second-order valence-corrected chi connectivity index (χ2v) is 6.64. The van der Waals surface area contributed by atoms with Crippen LogP contribution in [0.25, 0.3) is 0 Å². The molecule has 0 amide bonds. The lowest BCUT2D eigenvalue weighted by Crippen LogP contribution is -2.38. The van der Waals surface area contributed by atoms with E-state index in [1.165, 1.54) is 12.8 Å². The van der Waals surface area contributed by atoms with Crippen LogP contribution in [0.4, 0.5) is 0 Å². The predicted molar refractivity (Wildman–Crippen MR) is 68.5 cm³/mol. The van der Waals surface area contributed by atoms with Crippen LogP contribution in [0.5, 0.6) is 0 Å². The van der Waals surface area contributed by atoms with Crippen LogP contribution < -0.4 is 0 Å². The summed E-state index contributed by atoms with van der Waals surface area (Å²) in [6.07, 6.45) is 3.35. The smallest absolute Gasteiger partial charge is 0.333 e. The van der Waals surface area contributed by atoms with Gasteiger partial charge in [0.05, 0.1) is 0 Å². The largest absolute Gasteiger partial charge is 0.455 e. The van der Waals surface area contributed by atoms with E-state index in [0.717, 1.165) is 6.42 Å². The molecule has 0 heterocycles. The molecule has 0 aliphatic heterocycles. The lowest BCUT2D eigenvalue weighted by Gasteiger charge is -2.33. The zero-order valence-corrected chi connectivity index (χ0v) is 11.7. The third-order valence-corrected chi connectivity index (χ3v) is 5.72. The molecule has 4 unspecified atom stereocenters. The molecule has 0 N–H and O–H groups in total. The van der Waals surface area contributed by atoms with E-state index < -0.39 is 0 Å². The van der Waals surface area contributed by atoms with E-state index in [-0.39, 0.29) is 17.0 Å². The van der Waals surface area contributed by atoms with Gasteiger partial charge in [0.15, 0.2) is 0 Å². The fraction of sp³-hybridized carbons (Fsp3) is 0.800. The van der Waals surface area contributed by atoms with E-state index in [0.29, 0.717) is 16.9 Å². The Bertz CT molecular complexity index is 386. The third-order valence-electron chi connectivity index (χ3n) is 5.72. The van der Waals surface area contributed by atoms with Crippen molar-refractivity contribution < 1.29 is 9.53 Å². The van der Waals surface area contributed by atoms with E-state index in [1.54, 1.807) is 6.92 Å². The molecule has 2 aliphatic carbocycles. The zero-order valence-electron chi connectivity index (χ0n) is 11.7. The number of carbonyl (C=O) groups excluding carboxylic acids is 1. The summed E-state index contributed by atoms with van der Waals surface area (Å²) in [6, 6.07) is 0. The van der Waals surface area contributed by atoms with Crippen molar-refractivity contribution >= 4 is 5.97 Å². The normalized spacial score (nSPS) is 47.5. The van der Waals surface area contributed by atoms with E-state index >= 15 is 0 Å². The Labute approximate surface area is 104 Å². The van der Waals surface area contributed by atoms with Crippen molar-refractivity contribution in [1.29, 1.82) is 0 Å². The summed E-state index contributed by atoms with van der Waals surface area (Å²) in [5.74, 6) is 0.440. The SMILES string of the molecule is C=C(C)C(=O)OC1(C)CC(CC)C2(C)CC12C. The van der Waals surface area contributed by atoms with Crippen molar-refractivity contribution in [3.8, 4) is 0 Å². The van der Waals surface area contributed by atoms with Gasteiger partial charge in [0.1, 0.15) is 5.60 Å². The van der Waals surface area contributed by atoms with Crippen LogP contribution in [0.1, 0.15) is 53.9 Å². The molecule has 2 fully saturated rings. The quantitative estimate of drug-likeness (QED) is 0.551. The molecule has 2 rings (SSSR count). The van der Waals surface area contributed by atoms with E-state index in [2.05, 4.69) is 34.3 Å². The van der Waals surface area contributed by atoms with Crippen LogP contribution in [-0.4, -0.2) is 11.6 Å². The second kappa shape index (κ2) is 3.37. The molecule has 2 nitrogen and oxygen atoms in total. The van der Waals surface area contributed by atoms with E-state index in [9.17, 15) is 4.79 Å². The highest BCUT2D eigenvalue weighted by Crippen LogP contribution is 2.80. The summed E-state index contributed by atoms with van der Waals surface area (Å²) in [7, 11) is 0. The van der Waals surface area contributed by atoms with E-state index in [4.69, 9.17) is 4.74 Å². The first-order chi connectivity index (χ1) is 7.70. The van der Waals surface area contributed by atoms with Crippen LogP contribution in [0.3, 0.4) is 0 Å². The maximum atomic E-state index is 11.8. The predicted octanol–water partition coefficient (Wildman–Crippen LogP) is 3.71. The molecule has 17 heavy (non-hydrogen) atoms. The number of esters is 1. The van der Waals surface area contributed by atoms with Gasteiger partial charge >= 0.3 is 5.97 Å². The first-order valence-corrected chi connectivity index (χ1v) is 6.59. The second-order valence-electron chi connectivity index (χ2n) is 6.64. The van der Waals surface area contributed by atoms with Gasteiger partial charge in [-0.1, -0.05) is 33.8 Å². The Balaban J connectivity index is 2.23. The van der Waals surface area contributed by atoms with Gasteiger partial charge < -0.3 is 4.74 Å². The van der Waals surface area contributed by atoms with Gasteiger partial charge in [0.25, 0.3) is 0 Å². The molecular formula is C15H24O2.